The molecule has 0 unspecified atom stereocenters. The Morgan fingerprint density at radius 3 is 2.43 bits per heavy atom. The summed E-state index contributed by atoms with van der Waals surface area (Å²) in [7, 11) is 0. The fraction of sp³-hybridized carbons (Fsp3) is 0.182. The Bertz CT molecular complexity index is 916. The van der Waals surface area contributed by atoms with E-state index in [2.05, 4.69) is 15.8 Å². The Labute approximate surface area is 162 Å². The Balaban J connectivity index is 1.72. The predicted molar refractivity (Wildman–Crippen MR) is 103 cm³/mol. The summed E-state index contributed by atoms with van der Waals surface area (Å²) in [5, 5.41) is 0. The van der Waals surface area contributed by atoms with E-state index in [1.807, 2.05) is 31.2 Å². The molecule has 0 radical (unpaired) electrons. The summed E-state index contributed by atoms with van der Waals surface area (Å²) >= 11 is 0. The van der Waals surface area contributed by atoms with E-state index in [0.717, 1.165) is 34.2 Å². The zero-order valence-electron chi connectivity index (χ0n) is 15.4. The van der Waals surface area contributed by atoms with Gasteiger partial charge in [-0.15, -0.1) is 0 Å². The largest absolute Gasteiger partial charge is 0.435 e. The lowest BCUT2D eigenvalue weighted by molar-refractivity contribution is -0.119. The second kappa shape index (κ2) is 9.08. The van der Waals surface area contributed by atoms with Crippen molar-refractivity contribution in [3.05, 3.63) is 83.7 Å². The first kappa shape index (κ1) is 19.5. The summed E-state index contributed by atoms with van der Waals surface area (Å²) < 4.78 is 28.8. The van der Waals surface area contributed by atoms with Crippen molar-refractivity contribution < 1.29 is 18.3 Å². The van der Waals surface area contributed by atoms with E-state index in [-0.39, 0.29) is 5.75 Å². The van der Waals surface area contributed by atoms with Crippen molar-refractivity contribution in [2.45, 2.75) is 26.6 Å². The molecule has 1 amide bonds. The SMILES string of the molecule is Cc1cc(CN(C=O)Cc2ccc(OC(F)F)cc2)cc(-c2cccnc2)c1. The fourth-order valence-corrected chi connectivity index (χ4v) is 3.03. The number of nitrogens with zero attached hydrogens (tertiary/aromatic N) is 2. The van der Waals surface area contributed by atoms with E-state index in [1.54, 1.807) is 29.4 Å². The number of alkyl halides is 2. The van der Waals surface area contributed by atoms with Gasteiger partial charge >= 0.3 is 6.61 Å². The van der Waals surface area contributed by atoms with Gasteiger partial charge in [0, 0.05) is 31.0 Å². The highest BCUT2D eigenvalue weighted by Crippen LogP contribution is 2.23. The number of aryl methyl sites for hydroxylation is 1. The minimum absolute atomic E-state index is 0.0937. The monoisotopic (exact) mass is 382 g/mol. The van der Waals surface area contributed by atoms with Crippen LogP contribution in [-0.4, -0.2) is 22.9 Å². The maximum absolute atomic E-state index is 12.2. The second-order valence-corrected chi connectivity index (χ2v) is 6.48. The highest BCUT2D eigenvalue weighted by Gasteiger charge is 2.09. The maximum Gasteiger partial charge on any atom is 0.387 e. The van der Waals surface area contributed by atoms with Gasteiger partial charge in [-0.05, 0) is 47.9 Å². The van der Waals surface area contributed by atoms with Crippen LogP contribution in [0.1, 0.15) is 16.7 Å². The lowest BCUT2D eigenvalue weighted by Crippen LogP contribution is -2.20. The van der Waals surface area contributed by atoms with Crippen LogP contribution in [-0.2, 0) is 17.9 Å². The first-order valence-corrected chi connectivity index (χ1v) is 8.77. The van der Waals surface area contributed by atoms with Crippen molar-refractivity contribution in [3.63, 3.8) is 0 Å². The van der Waals surface area contributed by atoms with Gasteiger partial charge in [-0.1, -0.05) is 35.9 Å². The number of carbonyl (C=O) groups is 1. The van der Waals surface area contributed by atoms with E-state index in [4.69, 9.17) is 0 Å². The van der Waals surface area contributed by atoms with Crippen molar-refractivity contribution in [3.8, 4) is 16.9 Å². The number of aromatic nitrogens is 1. The van der Waals surface area contributed by atoms with Crippen LogP contribution in [0.3, 0.4) is 0 Å². The van der Waals surface area contributed by atoms with Gasteiger partial charge < -0.3 is 9.64 Å². The molecular formula is C22H20F2N2O2. The smallest absolute Gasteiger partial charge is 0.387 e. The average molecular weight is 382 g/mol. The molecule has 0 aliphatic heterocycles. The fourth-order valence-electron chi connectivity index (χ4n) is 3.03. The first-order valence-electron chi connectivity index (χ1n) is 8.77. The van der Waals surface area contributed by atoms with Gasteiger partial charge in [-0.25, -0.2) is 0 Å². The third-order valence-corrected chi connectivity index (χ3v) is 4.20. The molecule has 4 nitrogen and oxygen atoms in total. The summed E-state index contributed by atoms with van der Waals surface area (Å²) in [5.74, 6) is 0.0937. The minimum Gasteiger partial charge on any atom is -0.435 e. The second-order valence-electron chi connectivity index (χ2n) is 6.48. The molecular weight excluding hydrogens is 362 g/mol. The van der Waals surface area contributed by atoms with E-state index in [1.165, 1.54) is 12.1 Å². The molecule has 2 aromatic carbocycles. The van der Waals surface area contributed by atoms with Gasteiger partial charge in [-0.2, -0.15) is 8.78 Å². The van der Waals surface area contributed by atoms with Gasteiger partial charge in [0.1, 0.15) is 5.75 Å². The van der Waals surface area contributed by atoms with Crippen LogP contribution < -0.4 is 4.74 Å². The van der Waals surface area contributed by atoms with Gasteiger partial charge in [0.05, 0.1) is 0 Å². The number of benzene rings is 2. The lowest BCUT2D eigenvalue weighted by Gasteiger charge is -2.19. The van der Waals surface area contributed by atoms with Gasteiger partial charge in [0.25, 0.3) is 0 Å². The van der Waals surface area contributed by atoms with Crippen LogP contribution in [0.15, 0.2) is 67.0 Å². The molecule has 0 N–H and O–H groups in total. The molecule has 0 saturated carbocycles. The highest BCUT2D eigenvalue weighted by atomic mass is 19.3. The maximum atomic E-state index is 12.2. The van der Waals surface area contributed by atoms with E-state index < -0.39 is 6.61 Å². The molecule has 0 spiro atoms. The molecule has 0 atom stereocenters. The number of ether oxygens (including phenoxy) is 1. The van der Waals surface area contributed by atoms with Crippen molar-refractivity contribution >= 4 is 6.41 Å². The number of amides is 1. The minimum atomic E-state index is -2.85. The average Bonchev–Trinajstić information content (AvgIpc) is 2.69. The number of halogens is 2. The van der Waals surface area contributed by atoms with E-state index in [0.29, 0.717) is 13.1 Å². The van der Waals surface area contributed by atoms with Crippen molar-refractivity contribution in [1.82, 2.24) is 9.88 Å². The van der Waals surface area contributed by atoms with Crippen molar-refractivity contribution in [2.75, 3.05) is 0 Å². The standard InChI is InChI=1S/C22H20F2N2O2/c1-16-9-18(11-20(10-16)19-3-2-8-25-12-19)14-26(15-27)13-17-4-6-21(7-5-17)28-22(23)24/h2-12,15,22H,13-14H2,1H3. The molecule has 0 fully saturated rings. The normalized spacial score (nSPS) is 10.7. The summed E-state index contributed by atoms with van der Waals surface area (Å²) in [6.45, 7) is -0.0359. The number of hydrogen-bond donors (Lipinski definition) is 0. The number of pyridine rings is 1. The van der Waals surface area contributed by atoms with E-state index >= 15 is 0 Å². The Kier molecular flexibility index (Phi) is 6.32. The third-order valence-electron chi connectivity index (χ3n) is 4.20. The molecule has 3 rings (SSSR count). The van der Waals surface area contributed by atoms with Crippen LogP contribution in [0.5, 0.6) is 5.75 Å². The molecule has 3 aromatic rings. The third kappa shape index (κ3) is 5.36. The quantitative estimate of drug-likeness (QED) is 0.525. The predicted octanol–water partition coefficient (Wildman–Crippen LogP) is 4.82. The van der Waals surface area contributed by atoms with Crippen LogP contribution in [0.2, 0.25) is 0 Å². The topological polar surface area (TPSA) is 42.4 Å². The summed E-state index contributed by atoms with van der Waals surface area (Å²) in [6.07, 6.45) is 4.32. The Hall–Kier alpha value is -3.28. The molecule has 1 aromatic heterocycles. The Morgan fingerprint density at radius 2 is 1.79 bits per heavy atom. The molecule has 0 saturated heterocycles. The number of rotatable bonds is 8. The molecule has 0 aliphatic carbocycles. The van der Waals surface area contributed by atoms with Crippen LogP contribution >= 0.6 is 0 Å². The molecule has 6 heteroatoms. The van der Waals surface area contributed by atoms with Crippen LogP contribution in [0, 0.1) is 6.92 Å². The van der Waals surface area contributed by atoms with Crippen LogP contribution in [0.25, 0.3) is 11.1 Å². The van der Waals surface area contributed by atoms with E-state index in [9.17, 15) is 13.6 Å². The van der Waals surface area contributed by atoms with Crippen molar-refractivity contribution in [1.29, 1.82) is 0 Å². The molecule has 0 bridgehead atoms. The zero-order chi connectivity index (χ0) is 19.9. The molecule has 144 valence electrons. The molecule has 0 aliphatic rings. The number of carbonyl (C=O) groups excluding carboxylic acids is 1. The van der Waals surface area contributed by atoms with Crippen molar-refractivity contribution in [2.24, 2.45) is 0 Å². The zero-order valence-corrected chi connectivity index (χ0v) is 15.4. The molecule has 28 heavy (non-hydrogen) atoms. The Morgan fingerprint density at radius 1 is 1.04 bits per heavy atom. The summed E-state index contributed by atoms with van der Waals surface area (Å²) in [4.78, 5) is 17.3. The first-order chi connectivity index (χ1) is 13.5. The number of hydrogen-bond acceptors (Lipinski definition) is 3. The molecule has 1 heterocycles. The van der Waals surface area contributed by atoms with Crippen LogP contribution in [0.4, 0.5) is 8.78 Å². The van der Waals surface area contributed by atoms with Gasteiger partial charge in [0.15, 0.2) is 0 Å². The van der Waals surface area contributed by atoms with Gasteiger partial charge in [-0.3, -0.25) is 9.78 Å². The van der Waals surface area contributed by atoms with Gasteiger partial charge in [0.2, 0.25) is 6.41 Å². The summed E-state index contributed by atoms with van der Waals surface area (Å²) in [5.41, 5.74) is 4.98. The summed E-state index contributed by atoms with van der Waals surface area (Å²) in [6, 6.07) is 16.3. The highest BCUT2D eigenvalue weighted by molar-refractivity contribution is 5.64. The lowest BCUT2D eigenvalue weighted by atomic mass is 10.0.